The van der Waals surface area contributed by atoms with Gasteiger partial charge in [0.15, 0.2) is 11.6 Å². The lowest BCUT2D eigenvalue weighted by atomic mass is 9.87. The van der Waals surface area contributed by atoms with Crippen LogP contribution in [0.25, 0.3) is 0 Å². The number of nitrogens with one attached hydrogen (secondary N) is 1. The number of carbonyl (C=O) groups is 1. The van der Waals surface area contributed by atoms with Gasteiger partial charge in [-0.3, -0.25) is 9.10 Å². The van der Waals surface area contributed by atoms with Gasteiger partial charge in [-0.2, -0.15) is 0 Å². The number of ether oxygens (including phenoxy) is 1. The van der Waals surface area contributed by atoms with Crippen LogP contribution >= 0.6 is 0 Å². The van der Waals surface area contributed by atoms with Crippen LogP contribution in [0.15, 0.2) is 48.5 Å². The zero-order valence-electron chi connectivity index (χ0n) is 17.4. The normalized spacial score (nSPS) is 16.9. The molecule has 1 N–H and O–H groups in total. The van der Waals surface area contributed by atoms with Crippen molar-refractivity contribution in [2.75, 3.05) is 23.2 Å². The fraction of sp³-hybridized carbons (Fsp3) is 0.409. The zero-order valence-corrected chi connectivity index (χ0v) is 18.2. The monoisotopic (exact) mass is 434 g/mol. The van der Waals surface area contributed by atoms with Crippen molar-refractivity contribution in [2.24, 2.45) is 5.41 Å². The number of para-hydroxylation sites is 1. The minimum atomic E-state index is -3.33. The molecule has 162 valence electrons. The zero-order chi connectivity index (χ0) is 21.9. The standard InChI is InChI=1S/C22H27FN2O4S/c1-22(2,3)20(15-29-19-11-5-4-10-18(19)23)24-21(26)16-8-6-9-17(14-16)25-12-7-13-30(25,27)28/h4-6,8-11,14,20H,7,12-13,15H2,1-3H3,(H,24,26). The van der Waals surface area contributed by atoms with Crippen molar-refractivity contribution in [3.63, 3.8) is 0 Å². The number of nitrogens with zero attached hydrogens (tertiary/aromatic N) is 1. The molecule has 1 atom stereocenters. The number of benzene rings is 2. The van der Waals surface area contributed by atoms with E-state index < -0.39 is 21.9 Å². The van der Waals surface area contributed by atoms with Gasteiger partial charge in [-0.25, -0.2) is 12.8 Å². The van der Waals surface area contributed by atoms with E-state index in [-0.39, 0.29) is 29.4 Å². The lowest BCUT2D eigenvalue weighted by Crippen LogP contribution is -2.47. The molecule has 1 unspecified atom stereocenters. The Morgan fingerprint density at radius 2 is 1.93 bits per heavy atom. The second-order valence-electron chi connectivity index (χ2n) is 8.43. The SMILES string of the molecule is CC(C)(C)C(COc1ccccc1F)NC(=O)c1cccc(N2CCCS2(=O)=O)c1. The number of anilines is 1. The van der Waals surface area contributed by atoms with Crippen LogP contribution in [0, 0.1) is 11.2 Å². The first-order chi connectivity index (χ1) is 14.1. The first-order valence-corrected chi connectivity index (χ1v) is 11.5. The quantitative estimate of drug-likeness (QED) is 0.754. The number of hydrogen-bond acceptors (Lipinski definition) is 4. The van der Waals surface area contributed by atoms with Crippen LogP contribution in [-0.4, -0.2) is 39.3 Å². The van der Waals surface area contributed by atoms with Gasteiger partial charge in [0.05, 0.1) is 17.5 Å². The van der Waals surface area contributed by atoms with Crippen LogP contribution in [0.2, 0.25) is 0 Å². The van der Waals surface area contributed by atoms with E-state index in [1.807, 2.05) is 20.8 Å². The van der Waals surface area contributed by atoms with Crippen molar-refractivity contribution in [3.8, 4) is 5.75 Å². The highest BCUT2D eigenvalue weighted by molar-refractivity contribution is 7.93. The topological polar surface area (TPSA) is 75.7 Å². The van der Waals surface area contributed by atoms with Gasteiger partial charge >= 0.3 is 0 Å². The molecule has 1 aliphatic rings. The summed E-state index contributed by atoms with van der Waals surface area (Å²) < 4.78 is 45.2. The molecule has 0 bridgehead atoms. The molecule has 3 rings (SSSR count). The second-order valence-corrected chi connectivity index (χ2v) is 10.4. The minimum Gasteiger partial charge on any atom is -0.488 e. The average Bonchev–Trinajstić information content (AvgIpc) is 3.04. The number of halogens is 1. The molecule has 2 aromatic rings. The summed E-state index contributed by atoms with van der Waals surface area (Å²) in [6.45, 7) is 6.37. The van der Waals surface area contributed by atoms with Crippen LogP contribution in [0.1, 0.15) is 37.6 Å². The molecular weight excluding hydrogens is 407 g/mol. The van der Waals surface area contributed by atoms with Crippen molar-refractivity contribution in [2.45, 2.75) is 33.2 Å². The van der Waals surface area contributed by atoms with Gasteiger partial charge in [-0.05, 0) is 42.2 Å². The van der Waals surface area contributed by atoms with E-state index >= 15 is 0 Å². The second kappa shape index (κ2) is 8.63. The summed E-state index contributed by atoms with van der Waals surface area (Å²) in [6, 6.07) is 12.3. The highest BCUT2D eigenvalue weighted by Gasteiger charge is 2.30. The molecule has 1 fully saturated rings. The number of hydrogen-bond donors (Lipinski definition) is 1. The lowest BCUT2D eigenvalue weighted by molar-refractivity contribution is 0.0860. The maximum atomic E-state index is 13.9. The van der Waals surface area contributed by atoms with Gasteiger partial charge in [0, 0.05) is 12.1 Å². The highest BCUT2D eigenvalue weighted by Crippen LogP contribution is 2.26. The van der Waals surface area contributed by atoms with E-state index in [1.54, 1.807) is 36.4 Å². The predicted molar refractivity (Wildman–Crippen MR) is 115 cm³/mol. The molecule has 1 aliphatic heterocycles. The van der Waals surface area contributed by atoms with E-state index in [0.29, 0.717) is 24.2 Å². The Hall–Kier alpha value is -2.61. The average molecular weight is 435 g/mol. The number of rotatable bonds is 6. The third kappa shape index (κ3) is 5.11. The Balaban J connectivity index is 1.75. The molecule has 0 aromatic heterocycles. The molecule has 0 saturated carbocycles. The van der Waals surface area contributed by atoms with E-state index in [0.717, 1.165) is 0 Å². The number of carbonyl (C=O) groups excluding carboxylic acids is 1. The molecule has 0 radical (unpaired) electrons. The molecule has 30 heavy (non-hydrogen) atoms. The van der Waals surface area contributed by atoms with Crippen LogP contribution < -0.4 is 14.4 Å². The smallest absolute Gasteiger partial charge is 0.251 e. The largest absolute Gasteiger partial charge is 0.488 e. The van der Waals surface area contributed by atoms with Crippen LogP contribution in [0.4, 0.5) is 10.1 Å². The van der Waals surface area contributed by atoms with Crippen molar-refractivity contribution < 1.29 is 22.3 Å². The maximum Gasteiger partial charge on any atom is 0.251 e. The Bertz CT molecular complexity index is 1020. The molecule has 8 heteroatoms. The molecule has 0 aliphatic carbocycles. The molecule has 1 saturated heterocycles. The molecule has 6 nitrogen and oxygen atoms in total. The van der Waals surface area contributed by atoms with Gasteiger partial charge in [0.2, 0.25) is 10.0 Å². The Labute approximate surface area is 177 Å². The van der Waals surface area contributed by atoms with Gasteiger partial charge < -0.3 is 10.1 Å². The fourth-order valence-corrected chi connectivity index (χ4v) is 4.77. The Morgan fingerprint density at radius 3 is 2.57 bits per heavy atom. The van der Waals surface area contributed by atoms with Crippen LogP contribution in [0.3, 0.4) is 0 Å². The van der Waals surface area contributed by atoms with Gasteiger partial charge in [-0.15, -0.1) is 0 Å². The molecule has 2 aromatic carbocycles. The summed E-state index contributed by atoms with van der Waals surface area (Å²) in [5.74, 6) is -0.563. The van der Waals surface area contributed by atoms with Crippen molar-refractivity contribution in [3.05, 3.63) is 59.9 Å². The summed E-state index contributed by atoms with van der Waals surface area (Å²) in [5, 5.41) is 2.95. The fourth-order valence-electron chi connectivity index (χ4n) is 3.22. The summed E-state index contributed by atoms with van der Waals surface area (Å²) in [5.41, 5.74) is 0.487. The van der Waals surface area contributed by atoms with Gasteiger partial charge in [-0.1, -0.05) is 39.0 Å². The first-order valence-electron chi connectivity index (χ1n) is 9.86. The molecule has 1 amide bonds. The predicted octanol–water partition coefficient (Wildman–Crippen LogP) is 3.59. The van der Waals surface area contributed by atoms with E-state index in [9.17, 15) is 17.6 Å². The van der Waals surface area contributed by atoms with Crippen molar-refractivity contribution in [1.82, 2.24) is 5.32 Å². The maximum absolute atomic E-state index is 13.9. The molecular formula is C22H27FN2O4S. The lowest BCUT2D eigenvalue weighted by Gasteiger charge is -2.31. The summed E-state index contributed by atoms with van der Waals surface area (Å²) in [4.78, 5) is 12.9. The van der Waals surface area contributed by atoms with Gasteiger partial charge in [0.25, 0.3) is 5.91 Å². The summed E-state index contributed by atoms with van der Waals surface area (Å²) in [6.07, 6.45) is 0.568. The van der Waals surface area contributed by atoms with Gasteiger partial charge in [0.1, 0.15) is 6.61 Å². The highest BCUT2D eigenvalue weighted by atomic mass is 32.2. The minimum absolute atomic E-state index is 0.0936. The van der Waals surface area contributed by atoms with Crippen LogP contribution in [-0.2, 0) is 10.0 Å². The molecule has 1 heterocycles. The summed E-state index contributed by atoms with van der Waals surface area (Å²) >= 11 is 0. The third-order valence-electron chi connectivity index (χ3n) is 5.09. The first kappa shape index (κ1) is 22.1. The van der Waals surface area contributed by atoms with Crippen molar-refractivity contribution >= 4 is 21.6 Å². The van der Waals surface area contributed by atoms with Crippen molar-refractivity contribution in [1.29, 1.82) is 0 Å². The van der Waals surface area contributed by atoms with Crippen LogP contribution in [0.5, 0.6) is 5.75 Å². The van der Waals surface area contributed by atoms with E-state index in [1.165, 1.54) is 16.4 Å². The molecule has 0 spiro atoms. The van der Waals surface area contributed by atoms with E-state index in [2.05, 4.69) is 5.32 Å². The Morgan fingerprint density at radius 1 is 1.20 bits per heavy atom. The summed E-state index contributed by atoms with van der Waals surface area (Å²) in [7, 11) is -3.33. The van der Waals surface area contributed by atoms with E-state index in [4.69, 9.17) is 4.74 Å². The Kier molecular flexibility index (Phi) is 6.36. The number of amides is 1. The third-order valence-corrected chi connectivity index (χ3v) is 6.96. The number of sulfonamides is 1.